The van der Waals surface area contributed by atoms with Gasteiger partial charge in [-0.3, -0.25) is 0 Å². The summed E-state index contributed by atoms with van der Waals surface area (Å²) >= 11 is 16.0. The fourth-order valence-electron chi connectivity index (χ4n) is 3.28. The molecule has 3 unspecified atom stereocenters. The lowest BCUT2D eigenvalue weighted by Crippen LogP contribution is -2.46. The van der Waals surface area contributed by atoms with E-state index in [4.69, 9.17) is 37.8 Å². The Balaban J connectivity index is 1.90. The molecule has 5 nitrogen and oxygen atoms in total. The van der Waals surface area contributed by atoms with Gasteiger partial charge in [0, 0.05) is 31.3 Å². The Kier molecular flexibility index (Phi) is 3.78. The summed E-state index contributed by atoms with van der Waals surface area (Å²) in [6.07, 6.45) is -2.82. The van der Waals surface area contributed by atoms with Gasteiger partial charge >= 0.3 is 6.16 Å². The molecule has 8 heteroatoms. The van der Waals surface area contributed by atoms with E-state index >= 15 is 0 Å². The summed E-state index contributed by atoms with van der Waals surface area (Å²) in [5.74, 6) is 0.413. The Morgan fingerprint density at radius 2 is 2.08 bits per heavy atom. The number of hydrogen-bond donors (Lipinski definition) is 2. The molecule has 2 aliphatic heterocycles. The van der Waals surface area contributed by atoms with Crippen molar-refractivity contribution in [2.24, 2.45) is 0 Å². The summed E-state index contributed by atoms with van der Waals surface area (Å²) < 4.78 is 11.8. The predicted octanol–water partition coefficient (Wildman–Crippen LogP) is 5.10. The first-order valence-corrected chi connectivity index (χ1v) is 8.60. The number of carboxylic acid groups (broad SMARTS) is 1. The minimum Gasteiger partial charge on any atom is -0.483 e. The van der Waals surface area contributed by atoms with Crippen LogP contribution < -0.4 is 10.1 Å². The van der Waals surface area contributed by atoms with Crippen molar-refractivity contribution in [2.75, 3.05) is 5.32 Å². The van der Waals surface area contributed by atoms with Gasteiger partial charge in [-0.05, 0) is 30.3 Å². The van der Waals surface area contributed by atoms with Crippen LogP contribution >= 0.6 is 39.1 Å². The molecule has 0 bridgehead atoms. The molecule has 4 rings (SSSR count). The van der Waals surface area contributed by atoms with Gasteiger partial charge in [0.25, 0.3) is 0 Å². The van der Waals surface area contributed by atoms with E-state index in [1.807, 2.05) is 18.2 Å². The first-order chi connectivity index (χ1) is 11.4. The molecule has 2 aromatic carbocycles. The van der Waals surface area contributed by atoms with Crippen molar-refractivity contribution in [2.45, 2.75) is 18.2 Å². The summed E-state index contributed by atoms with van der Waals surface area (Å²) in [5, 5.41) is 13.0. The smallest absolute Gasteiger partial charge is 0.483 e. The molecule has 124 valence electrons. The fourth-order valence-corrected chi connectivity index (χ4v) is 4.27. The molecule has 0 aromatic heterocycles. The van der Waals surface area contributed by atoms with Gasteiger partial charge in [0.05, 0.1) is 5.92 Å². The van der Waals surface area contributed by atoms with E-state index in [-0.39, 0.29) is 5.92 Å². The van der Waals surface area contributed by atoms with Crippen molar-refractivity contribution in [1.82, 2.24) is 0 Å². The van der Waals surface area contributed by atoms with Gasteiger partial charge in [0.1, 0.15) is 5.75 Å². The molecular formula is C16H10BrCl2NO4. The van der Waals surface area contributed by atoms with Crippen LogP contribution in [0.4, 0.5) is 10.5 Å². The second-order valence-corrected chi connectivity index (χ2v) is 7.30. The van der Waals surface area contributed by atoms with E-state index in [0.717, 1.165) is 15.6 Å². The lowest BCUT2D eigenvalue weighted by atomic mass is 9.83. The maximum atomic E-state index is 11.1. The van der Waals surface area contributed by atoms with Crippen molar-refractivity contribution in [3.05, 3.63) is 56.0 Å². The van der Waals surface area contributed by atoms with Gasteiger partial charge in [-0.15, -0.1) is 0 Å². The first-order valence-electron chi connectivity index (χ1n) is 7.05. The van der Waals surface area contributed by atoms with Gasteiger partial charge in [0.2, 0.25) is 6.23 Å². The van der Waals surface area contributed by atoms with Gasteiger partial charge in [-0.1, -0.05) is 39.1 Å². The van der Waals surface area contributed by atoms with E-state index < -0.39 is 18.5 Å². The second kappa shape index (κ2) is 5.72. The first kappa shape index (κ1) is 15.9. The van der Waals surface area contributed by atoms with Crippen molar-refractivity contribution in [3.63, 3.8) is 0 Å². The quantitative estimate of drug-likeness (QED) is 0.616. The van der Waals surface area contributed by atoms with Crippen LogP contribution in [0.3, 0.4) is 0 Å². The standard InChI is InChI=1S/C16H10BrCl2NO4/c17-6-1-2-11-8(3-6)12-13-9(19)4-7(18)5-10(13)20-15(14(12)23-11)24-16(21)22/h1-5,12,14-15,20H,(H,21,22). The van der Waals surface area contributed by atoms with Crippen molar-refractivity contribution in [3.8, 4) is 5.75 Å². The van der Waals surface area contributed by atoms with Gasteiger partial charge in [0.15, 0.2) is 6.10 Å². The van der Waals surface area contributed by atoms with Crippen molar-refractivity contribution in [1.29, 1.82) is 0 Å². The highest BCUT2D eigenvalue weighted by Crippen LogP contribution is 2.52. The molecule has 0 spiro atoms. The fraction of sp³-hybridized carbons (Fsp3) is 0.188. The summed E-state index contributed by atoms with van der Waals surface area (Å²) in [6, 6.07) is 9.00. The van der Waals surface area contributed by atoms with E-state index in [0.29, 0.717) is 21.5 Å². The number of anilines is 1. The summed E-state index contributed by atoms with van der Waals surface area (Å²) in [7, 11) is 0. The molecule has 3 atom stereocenters. The van der Waals surface area contributed by atoms with E-state index in [1.54, 1.807) is 12.1 Å². The number of nitrogens with one attached hydrogen (secondary N) is 1. The molecule has 2 N–H and O–H groups in total. The average molecular weight is 431 g/mol. The summed E-state index contributed by atoms with van der Waals surface area (Å²) in [6.45, 7) is 0. The minimum absolute atomic E-state index is 0.261. The van der Waals surface area contributed by atoms with Gasteiger partial charge < -0.3 is 19.9 Å². The number of carbonyl (C=O) groups is 1. The highest BCUT2D eigenvalue weighted by atomic mass is 79.9. The average Bonchev–Trinajstić information content (AvgIpc) is 2.85. The Bertz CT molecular complexity index is 860. The molecule has 2 heterocycles. The zero-order valence-corrected chi connectivity index (χ0v) is 15.0. The number of benzene rings is 2. The molecule has 0 radical (unpaired) electrons. The minimum atomic E-state index is -1.39. The third-order valence-electron chi connectivity index (χ3n) is 4.13. The highest BCUT2D eigenvalue weighted by molar-refractivity contribution is 9.10. The molecule has 0 saturated heterocycles. The van der Waals surface area contributed by atoms with Gasteiger partial charge in [-0.25, -0.2) is 4.79 Å². The van der Waals surface area contributed by atoms with Crippen LogP contribution in [-0.2, 0) is 4.74 Å². The van der Waals surface area contributed by atoms with Crippen LogP contribution in [0.1, 0.15) is 17.0 Å². The Labute approximate surface area is 155 Å². The van der Waals surface area contributed by atoms with Crippen LogP contribution in [-0.4, -0.2) is 23.6 Å². The number of fused-ring (bicyclic) bond motifs is 5. The molecule has 0 saturated carbocycles. The van der Waals surface area contributed by atoms with Crippen LogP contribution in [0.2, 0.25) is 10.0 Å². The maximum absolute atomic E-state index is 11.1. The molecule has 0 fully saturated rings. The van der Waals surface area contributed by atoms with Gasteiger partial charge in [-0.2, -0.15) is 0 Å². The normalized spacial score (nSPS) is 23.4. The molecule has 0 aliphatic carbocycles. The Morgan fingerprint density at radius 1 is 1.29 bits per heavy atom. The van der Waals surface area contributed by atoms with Crippen LogP contribution in [0.15, 0.2) is 34.8 Å². The highest BCUT2D eigenvalue weighted by Gasteiger charge is 2.48. The maximum Gasteiger partial charge on any atom is 0.507 e. The molecule has 24 heavy (non-hydrogen) atoms. The summed E-state index contributed by atoms with van der Waals surface area (Å²) in [4.78, 5) is 11.1. The number of rotatable bonds is 1. The predicted molar refractivity (Wildman–Crippen MR) is 93.4 cm³/mol. The zero-order valence-electron chi connectivity index (χ0n) is 11.9. The lowest BCUT2D eigenvalue weighted by Gasteiger charge is -2.35. The van der Waals surface area contributed by atoms with E-state index in [9.17, 15) is 4.79 Å². The SMILES string of the molecule is O=C(O)OC1Nc2cc(Cl)cc(Cl)c2C2c3cc(Br)ccc3OC12. The third-order valence-corrected chi connectivity index (χ3v) is 5.15. The molecule has 0 amide bonds. The zero-order chi connectivity index (χ0) is 17.0. The Hall–Kier alpha value is -1.63. The van der Waals surface area contributed by atoms with E-state index in [2.05, 4.69) is 21.2 Å². The van der Waals surface area contributed by atoms with Crippen LogP contribution in [0, 0.1) is 0 Å². The summed E-state index contributed by atoms with van der Waals surface area (Å²) in [5.41, 5.74) is 2.37. The second-order valence-electron chi connectivity index (χ2n) is 5.54. The number of halogens is 3. The molecule has 2 aromatic rings. The largest absolute Gasteiger partial charge is 0.507 e. The molecular weight excluding hydrogens is 421 g/mol. The third kappa shape index (κ3) is 2.49. The van der Waals surface area contributed by atoms with Crippen LogP contribution in [0.5, 0.6) is 5.75 Å². The topological polar surface area (TPSA) is 67.8 Å². The monoisotopic (exact) mass is 429 g/mol. The van der Waals surface area contributed by atoms with Crippen molar-refractivity contribution >= 4 is 51.0 Å². The Morgan fingerprint density at radius 3 is 2.83 bits per heavy atom. The van der Waals surface area contributed by atoms with E-state index in [1.165, 1.54) is 0 Å². The van der Waals surface area contributed by atoms with Crippen LogP contribution in [0.25, 0.3) is 0 Å². The number of ether oxygens (including phenoxy) is 2. The number of hydrogen-bond acceptors (Lipinski definition) is 4. The molecule has 2 aliphatic rings. The lowest BCUT2D eigenvalue weighted by molar-refractivity contribution is 0.00574. The van der Waals surface area contributed by atoms with Crippen molar-refractivity contribution < 1.29 is 19.4 Å².